The lowest BCUT2D eigenvalue weighted by molar-refractivity contribution is 0.0208. The molecule has 15 heavy (non-hydrogen) atoms. The molecule has 0 spiro atoms. The van der Waals surface area contributed by atoms with Gasteiger partial charge in [0.25, 0.3) is 0 Å². The maximum absolute atomic E-state index is 10.0. The molecule has 0 aromatic heterocycles. The molecule has 1 aliphatic heterocycles. The molecule has 5 atom stereocenters. The Morgan fingerprint density at radius 1 is 1.07 bits per heavy atom. The standard InChI is InChI=1S/C13H25NO/c1-9-3-4-11(7-10(9)2)12-8-14-6-5-13(12)15/h9-15H,3-8H2,1-2H3. The Bertz CT molecular complexity index is 207. The summed E-state index contributed by atoms with van der Waals surface area (Å²) in [5, 5.41) is 13.5. The van der Waals surface area contributed by atoms with Gasteiger partial charge >= 0.3 is 0 Å². The lowest BCUT2D eigenvalue weighted by Gasteiger charge is -2.40. The highest BCUT2D eigenvalue weighted by atomic mass is 16.3. The van der Waals surface area contributed by atoms with Gasteiger partial charge in [0.1, 0.15) is 0 Å². The summed E-state index contributed by atoms with van der Waals surface area (Å²) >= 11 is 0. The van der Waals surface area contributed by atoms with Crippen molar-refractivity contribution in [2.75, 3.05) is 13.1 Å². The highest BCUT2D eigenvalue weighted by molar-refractivity contribution is 4.87. The van der Waals surface area contributed by atoms with Crippen LogP contribution in [0.15, 0.2) is 0 Å². The third-order valence-electron chi connectivity index (χ3n) is 4.74. The molecule has 1 saturated carbocycles. The van der Waals surface area contributed by atoms with E-state index in [1.54, 1.807) is 0 Å². The van der Waals surface area contributed by atoms with Gasteiger partial charge in [0.05, 0.1) is 6.10 Å². The van der Waals surface area contributed by atoms with E-state index in [2.05, 4.69) is 19.2 Å². The summed E-state index contributed by atoms with van der Waals surface area (Å²) in [6.07, 6.45) is 4.91. The zero-order valence-electron chi connectivity index (χ0n) is 10.1. The quantitative estimate of drug-likeness (QED) is 0.695. The van der Waals surface area contributed by atoms with Gasteiger partial charge in [-0.1, -0.05) is 20.3 Å². The van der Waals surface area contributed by atoms with Crippen molar-refractivity contribution in [3.8, 4) is 0 Å². The second-order valence-corrected chi connectivity index (χ2v) is 5.75. The van der Waals surface area contributed by atoms with Gasteiger partial charge in [-0.2, -0.15) is 0 Å². The molecule has 2 heteroatoms. The topological polar surface area (TPSA) is 32.3 Å². The summed E-state index contributed by atoms with van der Waals surface area (Å²) in [6, 6.07) is 0. The van der Waals surface area contributed by atoms with E-state index in [1.807, 2.05) is 0 Å². The van der Waals surface area contributed by atoms with Gasteiger partial charge in [0.2, 0.25) is 0 Å². The van der Waals surface area contributed by atoms with Crippen LogP contribution in [0, 0.1) is 23.7 Å². The van der Waals surface area contributed by atoms with Crippen LogP contribution < -0.4 is 5.32 Å². The van der Waals surface area contributed by atoms with Gasteiger partial charge < -0.3 is 10.4 Å². The summed E-state index contributed by atoms with van der Waals surface area (Å²) in [4.78, 5) is 0. The Morgan fingerprint density at radius 2 is 1.87 bits per heavy atom. The van der Waals surface area contributed by atoms with Crippen LogP contribution in [-0.4, -0.2) is 24.3 Å². The molecular weight excluding hydrogens is 186 g/mol. The molecule has 2 nitrogen and oxygen atoms in total. The van der Waals surface area contributed by atoms with Crippen LogP contribution in [0.2, 0.25) is 0 Å². The minimum Gasteiger partial charge on any atom is -0.393 e. The molecule has 5 unspecified atom stereocenters. The summed E-state index contributed by atoms with van der Waals surface area (Å²) < 4.78 is 0. The fourth-order valence-electron chi connectivity index (χ4n) is 3.33. The molecule has 88 valence electrons. The summed E-state index contributed by atoms with van der Waals surface area (Å²) in [7, 11) is 0. The Labute approximate surface area is 93.5 Å². The largest absolute Gasteiger partial charge is 0.393 e. The maximum Gasteiger partial charge on any atom is 0.0595 e. The molecule has 0 radical (unpaired) electrons. The molecule has 0 aromatic rings. The molecule has 0 amide bonds. The summed E-state index contributed by atoms with van der Waals surface area (Å²) in [6.45, 7) is 6.78. The van der Waals surface area contributed by atoms with Crippen molar-refractivity contribution in [3.05, 3.63) is 0 Å². The third-order valence-corrected chi connectivity index (χ3v) is 4.74. The van der Waals surface area contributed by atoms with Crippen LogP contribution in [0.25, 0.3) is 0 Å². The van der Waals surface area contributed by atoms with Crippen molar-refractivity contribution in [2.45, 2.75) is 45.6 Å². The van der Waals surface area contributed by atoms with Gasteiger partial charge in [-0.3, -0.25) is 0 Å². The zero-order valence-corrected chi connectivity index (χ0v) is 10.1. The number of aliphatic hydroxyl groups excluding tert-OH is 1. The number of rotatable bonds is 1. The van der Waals surface area contributed by atoms with E-state index in [1.165, 1.54) is 19.3 Å². The minimum atomic E-state index is -0.0446. The number of nitrogens with one attached hydrogen (secondary N) is 1. The number of hydrogen-bond acceptors (Lipinski definition) is 2. The van der Waals surface area contributed by atoms with E-state index < -0.39 is 0 Å². The van der Waals surface area contributed by atoms with Crippen LogP contribution in [0.1, 0.15) is 39.5 Å². The van der Waals surface area contributed by atoms with Crippen LogP contribution in [-0.2, 0) is 0 Å². The maximum atomic E-state index is 10.0. The lowest BCUT2D eigenvalue weighted by Crippen LogP contribution is -2.45. The van der Waals surface area contributed by atoms with E-state index in [4.69, 9.17) is 0 Å². The van der Waals surface area contributed by atoms with Gasteiger partial charge in [-0.25, -0.2) is 0 Å². The molecule has 2 fully saturated rings. The number of piperidine rings is 1. The summed E-state index contributed by atoms with van der Waals surface area (Å²) in [5.74, 6) is 3.01. The van der Waals surface area contributed by atoms with E-state index in [0.29, 0.717) is 5.92 Å². The second kappa shape index (κ2) is 4.84. The predicted octanol–water partition coefficient (Wildman–Crippen LogP) is 2.03. The fraction of sp³-hybridized carbons (Fsp3) is 1.00. The van der Waals surface area contributed by atoms with E-state index in [9.17, 15) is 5.11 Å². The van der Waals surface area contributed by atoms with Gasteiger partial charge in [-0.15, -0.1) is 0 Å². The van der Waals surface area contributed by atoms with E-state index >= 15 is 0 Å². The van der Waals surface area contributed by atoms with Crippen LogP contribution in [0.5, 0.6) is 0 Å². The molecule has 1 heterocycles. The third kappa shape index (κ3) is 2.54. The Morgan fingerprint density at radius 3 is 2.53 bits per heavy atom. The van der Waals surface area contributed by atoms with Crippen molar-refractivity contribution in [1.29, 1.82) is 0 Å². The predicted molar refractivity (Wildman–Crippen MR) is 62.7 cm³/mol. The Kier molecular flexibility index (Phi) is 3.68. The summed E-state index contributed by atoms with van der Waals surface area (Å²) in [5.41, 5.74) is 0. The first-order chi connectivity index (χ1) is 7.18. The molecule has 0 bridgehead atoms. The zero-order chi connectivity index (χ0) is 10.8. The first kappa shape index (κ1) is 11.4. The molecular formula is C13H25NO. The van der Waals surface area contributed by atoms with Crippen LogP contribution in [0.4, 0.5) is 0 Å². The fourth-order valence-corrected chi connectivity index (χ4v) is 3.33. The minimum absolute atomic E-state index is 0.0446. The smallest absolute Gasteiger partial charge is 0.0595 e. The molecule has 2 rings (SSSR count). The molecule has 2 aliphatic rings. The normalized spacial score (nSPS) is 47.8. The van der Waals surface area contributed by atoms with Gasteiger partial charge in [0.15, 0.2) is 0 Å². The average Bonchev–Trinajstić information content (AvgIpc) is 2.23. The number of hydrogen-bond donors (Lipinski definition) is 2. The van der Waals surface area contributed by atoms with Crippen LogP contribution in [0.3, 0.4) is 0 Å². The number of aliphatic hydroxyl groups is 1. The van der Waals surface area contributed by atoms with Gasteiger partial charge in [0, 0.05) is 12.5 Å². The monoisotopic (exact) mass is 211 g/mol. The van der Waals surface area contributed by atoms with Crippen molar-refractivity contribution < 1.29 is 5.11 Å². The Hall–Kier alpha value is -0.0800. The highest BCUT2D eigenvalue weighted by Gasteiger charge is 2.34. The second-order valence-electron chi connectivity index (χ2n) is 5.75. The lowest BCUT2D eigenvalue weighted by atomic mass is 9.69. The molecule has 1 aliphatic carbocycles. The highest BCUT2D eigenvalue weighted by Crippen LogP contribution is 2.38. The van der Waals surface area contributed by atoms with Crippen LogP contribution >= 0.6 is 0 Å². The van der Waals surface area contributed by atoms with E-state index in [-0.39, 0.29) is 6.10 Å². The van der Waals surface area contributed by atoms with E-state index in [0.717, 1.165) is 37.3 Å². The van der Waals surface area contributed by atoms with Crippen molar-refractivity contribution in [1.82, 2.24) is 5.32 Å². The SMILES string of the molecule is CC1CCC(C2CNCCC2O)CC1C. The Balaban J connectivity index is 1.92. The molecule has 2 N–H and O–H groups in total. The van der Waals surface area contributed by atoms with Crippen molar-refractivity contribution >= 4 is 0 Å². The van der Waals surface area contributed by atoms with Crippen molar-refractivity contribution in [3.63, 3.8) is 0 Å². The average molecular weight is 211 g/mol. The molecule has 1 saturated heterocycles. The first-order valence-corrected chi connectivity index (χ1v) is 6.57. The first-order valence-electron chi connectivity index (χ1n) is 6.57. The van der Waals surface area contributed by atoms with Gasteiger partial charge in [-0.05, 0) is 43.6 Å². The molecule has 0 aromatic carbocycles. The van der Waals surface area contributed by atoms with Crippen molar-refractivity contribution in [2.24, 2.45) is 23.7 Å².